The molecule has 0 radical (unpaired) electrons. The summed E-state index contributed by atoms with van der Waals surface area (Å²) in [6, 6.07) is 24.0. The first-order valence-corrected chi connectivity index (χ1v) is 7.77. The van der Waals surface area contributed by atoms with Crippen LogP contribution in [0.3, 0.4) is 0 Å². The number of amides is 1. The zero-order valence-electron chi connectivity index (χ0n) is 12.9. The Hall–Kier alpha value is -3.27. The molecule has 1 amide bonds. The Bertz CT molecular complexity index is 893. The number of nitrogens with zero attached hydrogens (tertiary/aromatic N) is 1. The summed E-state index contributed by atoms with van der Waals surface area (Å²) >= 11 is 0. The fraction of sp³-hybridized carbons (Fsp3) is 0.0500. The molecule has 2 N–H and O–H groups in total. The predicted octanol–water partition coefficient (Wildman–Crippen LogP) is 4.16. The van der Waals surface area contributed by atoms with Crippen LogP contribution in [0.5, 0.6) is 5.75 Å². The van der Waals surface area contributed by atoms with Crippen LogP contribution < -0.4 is 10.2 Å². The monoisotopic (exact) mass is 316 g/mol. The van der Waals surface area contributed by atoms with Gasteiger partial charge in [0, 0.05) is 11.4 Å². The van der Waals surface area contributed by atoms with Gasteiger partial charge in [-0.15, -0.1) is 0 Å². The van der Waals surface area contributed by atoms with E-state index in [-0.39, 0.29) is 17.8 Å². The van der Waals surface area contributed by atoms with E-state index < -0.39 is 0 Å². The fourth-order valence-electron chi connectivity index (χ4n) is 3.04. The normalized spacial score (nSPS) is 16.4. The minimum absolute atomic E-state index is 0.0658. The van der Waals surface area contributed by atoms with Crippen LogP contribution in [0.4, 0.5) is 11.4 Å². The molecule has 4 rings (SSSR count). The first-order chi connectivity index (χ1) is 11.7. The molecule has 1 unspecified atom stereocenters. The standard InChI is InChI=1S/C20H16N2O2/c23-16-10-6-7-14(13-16)19-21-18-12-5-4-11-17(18)20(24)22(19)15-8-2-1-3-9-15/h1-13,19,21,23H. The largest absolute Gasteiger partial charge is 0.508 e. The summed E-state index contributed by atoms with van der Waals surface area (Å²) in [6.45, 7) is 0. The first kappa shape index (κ1) is 14.3. The fourth-order valence-corrected chi connectivity index (χ4v) is 3.04. The molecule has 1 aliphatic rings. The van der Waals surface area contributed by atoms with Crippen molar-refractivity contribution in [2.45, 2.75) is 6.17 Å². The summed E-state index contributed by atoms with van der Waals surface area (Å²) in [5, 5.41) is 13.2. The van der Waals surface area contributed by atoms with Crippen LogP contribution in [-0.4, -0.2) is 11.0 Å². The number of benzene rings is 3. The summed E-state index contributed by atoms with van der Waals surface area (Å²) in [5.74, 6) is 0.109. The van der Waals surface area contributed by atoms with E-state index in [1.165, 1.54) is 0 Å². The molecule has 0 spiro atoms. The number of fused-ring (bicyclic) bond motifs is 1. The average molecular weight is 316 g/mol. The van der Waals surface area contributed by atoms with Crippen molar-refractivity contribution in [3.05, 3.63) is 90.0 Å². The van der Waals surface area contributed by atoms with Gasteiger partial charge in [0.05, 0.1) is 5.56 Å². The molecular formula is C20H16N2O2. The molecule has 0 bridgehead atoms. The molecule has 0 fully saturated rings. The number of rotatable bonds is 2. The van der Waals surface area contributed by atoms with E-state index >= 15 is 0 Å². The zero-order chi connectivity index (χ0) is 16.5. The Labute approximate surface area is 140 Å². The molecule has 24 heavy (non-hydrogen) atoms. The van der Waals surface area contributed by atoms with Gasteiger partial charge in [0.25, 0.3) is 5.91 Å². The van der Waals surface area contributed by atoms with E-state index in [1.54, 1.807) is 23.1 Å². The van der Waals surface area contributed by atoms with Crippen molar-refractivity contribution in [2.24, 2.45) is 0 Å². The molecule has 3 aromatic rings. The lowest BCUT2D eigenvalue weighted by Gasteiger charge is -2.38. The van der Waals surface area contributed by atoms with E-state index in [2.05, 4.69) is 5.32 Å². The smallest absolute Gasteiger partial charge is 0.262 e. The summed E-state index contributed by atoms with van der Waals surface area (Å²) in [6.07, 6.45) is -0.387. The van der Waals surface area contributed by atoms with Gasteiger partial charge in [-0.25, -0.2) is 0 Å². The van der Waals surface area contributed by atoms with Crippen molar-refractivity contribution in [1.82, 2.24) is 0 Å². The highest BCUT2D eigenvalue weighted by atomic mass is 16.3. The first-order valence-electron chi connectivity index (χ1n) is 7.77. The van der Waals surface area contributed by atoms with E-state index in [0.717, 1.165) is 16.9 Å². The summed E-state index contributed by atoms with van der Waals surface area (Å²) in [4.78, 5) is 14.8. The van der Waals surface area contributed by atoms with Crippen LogP contribution >= 0.6 is 0 Å². The molecule has 118 valence electrons. The summed E-state index contributed by atoms with van der Waals surface area (Å²) in [5.41, 5.74) is 3.06. The lowest BCUT2D eigenvalue weighted by atomic mass is 10.0. The van der Waals surface area contributed by atoms with Crippen LogP contribution in [-0.2, 0) is 0 Å². The molecule has 1 heterocycles. The third-order valence-electron chi connectivity index (χ3n) is 4.15. The third-order valence-corrected chi connectivity index (χ3v) is 4.15. The molecule has 0 saturated heterocycles. The number of hydrogen-bond acceptors (Lipinski definition) is 3. The van der Waals surface area contributed by atoms with Crippen molar-refractivity contribution in [3.8, 4) is 5.75 Å². The number of para-hydroxylation sites is 2. The van der Waals surface area contributed by atoms with Crippen LogP contribution in [0.2, 0.25) is 0 Å². The maximum atomic E-state index is 13.1. The minimum atomic E-state index is -0.387. The van der Waals surface area contributed by atoms with E-state index in [4.69, 9.17) is 0 Å². The maximum absolute atomic E-state index is 13.1. The van der Waals surface area contributed by atoms with Gasteiger partial charge < -0.3 is 10.4 Å². The third kappa shape index (κ3) is 2.38. The van der Waals surface area contributed by atoms with Gasteiger partial charge in [-0.05, 0) is 42.0 Å². The van der Waals surface area contributed by atoms with Crippen LogP contribution in [0.1, 0.15) is 22.1 Å². The number of phenols is 1. The lowest BCUT2D eigenvalue weighted by molar-refractivity contribution is 0.0975. The van der Waals surface area contributed by atoms with Crippen LogP contribution in [0, 0.1) is 0 Å². The van der Waals surface area contributed by atoms with Crippen molar-refractivity contribution in [1.29, 1.82) is 0 Å². The van der Waals surface area contributed by atoms with Gasteiger partial charge >= 0.3 is 0 Å². The predicted molar refractivity (Wildman–Crippen MR) is 94.2 cm³/mol. The number of hydrogen-bond donors (Lipinski definition) is 2. The molecule has 0 aromatic heterocycles. The molecule has 1 atom stereocenters. The number of phenolic OH excluding ortho intramolecular Hbond substituents is 1. The van der Waals surface area contributed by atoms with Crippen molar-refractivity contribution in [2.75, 3.05) is 10.2 Å². The van der Waals surface area contributed by atoms with E-state index in [1.807, 2.05) is 60.7 Å². The van der Waals surface area contributed by atoms with Crippen LogP contribution in [0.15, 0.2) is 78.9 Å². The lowest BCUT2D eigenvalue weighted by Crippen LogP contribution is -2.43. The topological polar surface area (TPSA) is 52.6 Å². The Morgan fingerprint density at radius 3 is 2.42 bits per heavy atom. The molecule has 4 nitrogen and oxygen atoms in total. The second-order valence-electron chi connectivity index (χ2n) is 5.70. The molecule has 0 saturated carbocycles. The Morgan fingerprint density at radius 1 is 0.875 bits per heavy atom. The molecule has 4 heteroatoms. The zero-order valence-corrected chi connectivity index (χ0v) is 12.9. The van der Waals surface area contributed by atoms with Gasteiger partial charge in [-0.1, -0.05) is 42.5 Å². The molecule has 1 aliphatic heterocycles. The highest BCUT2D eigenvalue weighted by Gasteiger charge is 2.33. The SMILES string of the molecule is O=C1c2ccccc2NC(c2cccc(O)c2)N1c1ccccc1. The Kier molecular flexibility index (Phi) is 3.43. The quantitative estimate of drug-likeness (QED) is 0.746. The number of nitrogens with one attached hydrogen (secondary N) is 1. The van der Waals surface area contributed by atoms with Gasteiger partial charge in [-0.2, -0.15) is 0 Å². The average Bonchev–Trinajstić information content (AvgIpc) is 2.62. The highest BCUT2D eigenvalue weighted by Crippen LogP contribution is 2.37. The minimum Gasteiger partial charge on any atom is -0.508 e. The molecular weight excluding hydrogens is 300 g/mol. The number of anilines is 2. The molecule has 0 aliphatic carbocycles. The second-order valence-corrected chi connectivity index (χ2v) is 5.70. The Morgan fingerprint density at radius 2 is 1.62 bits per heavy atom. The van der Waals surface area contributed by atoms with Gasteiger partial charge in [0.2, 0.25) is 0 Å². The summed E-state index contributed by atoms with van der Waals surface area (Å²) in [7, 11) is 0. The van der Waals surface area contributed by atoms with E-state index in [9.17, 15) is 9.90 Å². The van der Waals surface area contributed by atoms with Crippen molar-refractivity contribution >= 4 is 17.3 Å². The van der Waals surface area contributed by atoms with E-state index in [0.29, 0.717) is 5.56 Å². The number of carbonyl (C=O) groups is 1. The van der Waals surface area contributed by atoms with Crippen molar-refractivity contribution < 1.29 is 9.90 Å². The van der Waals surface area contributed by atoms with Crippen LogP contribution in [0.25, 0.3) is 0 Å². The van der Waals surface area contributed by atoms with Gasteiger partial charge in [0.1, 0.15) is 11.9 Å². The van der Waals surface area contributed by atoms with Crippen molar-refractivity contribution in [3.63, 3.8) is 0 Å². The number of carbonyl (C=O) groups excluding carboxylic acids is 1. The highest BCUT2D eigenvalue weighted by molar-refractivity contribution is 6.12. The Balaban J connectivity index is 1.87. The van der Waals surface area contributed by atoms with Gasteiger partial charge in [0.15, 0.2) is 0 Å². The molecule has 3 aromatic carbocycles. The second kappa shape index (κ2) is 5.74. The number of aromatic hydroxyl groups is 1. The maximum Gasteiger partial charge on any atom is 0.262 e. The summed E-state index contributed by atoms with van der Waals surface area (Å²) < 4.78 is 0. The van der Waals surface area contributed by atoms with Gasteiger partial charge in [-0.3, -0.25) is 9.69 Å².